The molecule has 3 rings (SSSR count). The van der Waals surface area contributed by atoms with E-state index in [-0.39, 0.29) is 17.6 Å². The van der Waals surface area contributed by atoms with Gasteiger partial charge in [-0.15, -0.1) is 11.3 Å². The zero-order valence-corrected chi connectivity index (χ0v) is 13.1. The Bertz CT molecular complexity index is 845. The van der Waals surface area contributed by atoms with E-state index in [1.807, 2.05) is 36.6 Å². The third-order valence-electron chi connectivity index (χ3n) is 3.39. The van der Waals surface area contributed by atoms with Crippen LogP contribution >= 0.6 is 11.3 Å². The average Bonchev–Trinajstić information content (AvgIpc) is 3.25. The number of aromatic nitrogens is 1. The number of carbonyl (C=O) groups excluding carboxylic acids is 1. The summed E-state index contributed by atoms with van der Waals surface area (Å²) in [5.41, 5.74) is 1.75. The van der Waals surface area contributed by atoms with E-state index in [9.17, 15) is 4.79 Å². The Balaban J connectivity index is 1.70. The van der Waals surface area contributed by atoms with Crippen molar-refractivity contribution in [2.75, 3.05) is 0 Å². The van der Waals surface area contributed by atoms with Crippen molar-refractivity contribution in [2.24, 2.45) is 0 Å². The molecule has 2 aromatic heterocycles. The number of rotatable bonds is 4. The molecule has 1 amide bonds. The maximum atomic E-state index is 12.3. The minimum Gasteiger partial charge on any atom is -0.355 e. The second-order valence-corrected chi connectivity index (χ2v) is 5.93. The Morgan fingerprint density at radius 2 is 2.13 bits per heavy atom. The summed E-state index contributed by atoms with van der Waals surface area (Å²) in [6.45, 7) is 1.87. The maximum absolute atomic E-state index is 12.3. The molecule has 5 nitrogen and oxygen atoms in total. The Morgan fingerprint density at radius 1 is 1.35 bits per heavy atom. The third-order valence-corrected chi connectivity index (χ3v) is 4.28. The van der Waals surface area contributed by atoms with Crippen molar-refractivity contribution in [1.82, 2.24) is 10.5 Å². The standard InChI is InChI=1S/C17H13N3O2S/c1-11(13-6-4-12(10-18)5-7-13)19-17(21)14-9-15(22-20-14)16-3-2-8-23-16/h2-9,11H,1H3,(H,19,21). The predicted octanol–water partition coefficient (Wildman–Crippen LogP) is 3.77. The van der Waals surface area contributed by atoms with E-state index in [2.05, 4.69) is 16.5 Å². The minimum absolute atomic E-state index is 0.197. The lowest BCUT2D eigenvalue weighted by Gasteiger charge is -2.13. The first-order chi connectivity index (χ1) is 11.2. The van der Waals surface area contributed by atoms with Gasteiger partial charge >= 0.3 is 0 Å². The summed E-state index contributed by atoms with van der Waals surface area (Å²) in [5, 5.41) is 17.4. The molecule has 1 N–H and O–H groups in total. The molecule has 0 aliphatic carbocycles. The van der Waals surface area contributed by atoms with Crippen molar-refractivity contribution in [2.45, 2.75) is 13.0 Å². The number of nitrogens with one attached hydrogen (secondary N) is 1. The van der Waals surface area contributed by atoms with E-state index in [0.29, 0.717) is 11.3 Å². The van der Waals surface area contributed by atoms with Crippen LogP contribution in [0, 0.1) is 11.3 Å². The van der Waals surface area contributed by atoms with Gasteiger partial charge in [-0.25, -0.2) is 0 Å². The highest BCUT2D eigenvalue weighted by Crippen LogP contribution is 2.25. The molecule has 2 heterocycles. The van der Waals surface area contributed by atoms with Crippen LogP contribution in [0.5, 0.6) is 0 Å². The Morgan fingerprint density at radius 3 is 2.78 bits per heavy atom. The summed E-state index contributed by atoms with van der Waals surface area (Å²) in [6.07, 6.45) is 0. The average molecular weight is 323 g/mol. The molecule has 0 saturated carbocycles. The van der Waals surface area contributed by atoms with Gasteiger partial charge in [0.25, 0.3) is 5.91 Å². The van der Waals surface area contributed by atoms with E-state index in [1.165, 1.54) is 11.3 Å². The van der Waals surface area contributed by atoms with Crippen LogP contribution in [-0.4, -0.2) is 11.1 Å². The van der Waals surface area contributed by atoms with Crippen molar-refractivity contribution in [3.63, 3.8) is 0 Å². The number of hydrogen-bond acceptors (Lipinski definition) is 5. The topological polar surface area (TPSA) is 78.9 Å². The van der Waals surface area contributed by atoms with Gasteiger partial charge in [-0.05, 0) is 36.1 Å². The lowest BCUT2D eigenvalue weighted by Crippen LogP contribution is -2.26. The first-order valence-electron chi connectivity index (χ1n) is 6.99. The van der Waals surface area contributed by atoms with Crippen LogP contribution < -0.4 is 5.32 Å². The van der Waals surface area contributed by atoms with E-state index in [1.54, 1.807) is 18.2 Å². The van der Waals surface area contributed by atoms with Crippen molar-refractivity contribution < 1.29 is 9.32 Å². The molecule has 1 atom stereocenters. The van der Waals surface area contributed by atoms with Gasteiger partial charge in [0, 0.05) is 6.07 Å². The quantitative estimate of drug-likeness (QED) is 0.792. The molecule has 0 radical (unpaired) electrons. The molecule has 0 fully saturated rings. The van der Waals surface area contributed by atoms with Gasteiger partial charge in [0.2, 0.25) is 0 Å². The normalized spacial score (nSPS) is 11.7. The van der Waals surface area contributed by atoms with Gasteiger partial charge in [0.05, 0.1) is 22.6 Å². The number of nitriles is 1. The number of carbonyl (C=O) groups is 1. The van der Waals surface area contributed by atoms with Crippen molar-refractivity contribution in [3.8, 4) is 16.7 Å². The monoisotopic (exact) mass is 323 g/mol. The van der Waals surface area contributed by atoms with Crippen LogP contribution in [0.1, 0.15) is 34.6 Å². The van der Waals surface area contributed by atoms with Crippen LogP contribution in [0.3, 0.4) is 0 Å². The molecule has 0 bridgehead atoms. The van der Waals surface area contributed by atoms with Crippen molar-refractivity contribution >= 4 is 17.2 Å². The fourth-order valence-electron chi connectivity index (χ4n) is 2.12. The largest absolute Gasteiger partial charge is 0.355 e. The summed E-state index contributed by atoms with van der Waals surface area (Å²) < 4.78 is 5.21. The van der Waals surface area contributed by atoms with Gasteiger partial charge < -0.3 is 9.84 Å². The van der Waals surface area contributed by atoms with Crippen LogP contribution in [-0.2, 0) is 0 Å². The zero-order valence-electron chi connectivity index (χ0n) is 12.3. The Labute approximate surface area is 137 Å². The molecule has 6 heteroatoms. The van der Waals surface area contributed by atoms with Crippen LogP contribution in [0.15, 0.2) is 52.4 Å². The predicted molar refractivity (Wildman–Crippen MR) is 86.9 cm³/mol. The van der Waals surface area contributed by atoms with Crippen LogP contribution in [0.2, 0.25) is 0 Å². The SMILES string of the molecule is CC(NC(=O)c1cc(-c2cccs2)on1)c1ccc(C#N)cc1. The molecular weight excluding hydrogens is 310 g/mol. The first kappa shape index (κ1) is 15.0. The first-order valence-corrected chi connectivity index (χ1v) is 7.87. The molecule has 3 aromatic rings. The van der Waals surface area contributed by atoms with Gasteiger partial charge in [0.15, 0.2) is 11.5 Å². The summed E-state index contributed by atoms with van der Waals surface area (Å²) in [7, 11) is 0. The molecule has 0 aliphatic heterocycles. The molecule has 114 valence electrons. The highest BCUT2D eigenvalue weighted by Gasteiger charge is 2.17. The zero-order chi connectivity index (χ0) is 16.2. The molecule has 1 unspecified atom stereocenters. The van der Waals surface area contributed by atoms with E-state index in [0.717, 1.165) is 10.4 Å². The summed E-state index contributed by atoms with van der Waals surface area (Å²) in [6, 6.07) is 14.4. The fourth-order valence-corrected chi connectivity index (χ4v) is 2.79. The van der Waals surface area contributed by atoms with Crippen molar-refractivity contribution in [3.05, 3.63) is 64.7 Å². The second kappa shape index (κ2) is 6.46. The Kier molecular flexibility index (Phi) is 4.22. The lowest BCUT2D eigenvalue weighted by atomic mass is 10.1. The van der Waals surface area contributed by atoms with Gasteiger partial charge in [-0.3, -0.25) is 4.79 Å². The number of nitrogens with zero attached hydrogens (tertiary/aromatic N) is 2. The number of thiophene rings is 1. The molecule has 0 saturated heterocycles. The maximum Gasteiger partial charge on any atom is 0.273 e. The molecule has 1 aromatic carbocycles. The van der Waals surface area contributed by atoms with E-state index < -0.39 is 0 Å². The molecule has 0 spiro atoms. The van der Waals surface area contributed by atoms with Crippen molar-refractivity contribution in [1.29, 1.82) is 5.26 Å². The third kappa shape index (κ3) is 3.30. The number of benzene rings is 1. The smallest absolute Gasteiger partial charge is 0.273 e. The van der Waals surface area contributed by atoms with Crippen LogP contribution in [0.4, 0.5) is 0 Å². The van der Waals surface area contributed by atoms with Gasteiger partial charge in [0.1, 0.15) is 0 Å². The number of amides is 1. The second-order valence-electron chi connectivity index (χ2n) is 4.98. The van der Waals surface area contributed by atoms with E-state index >= 15 is 0 Å². The highest BCUT2D eigenvalue weighted by atomic mass is 32.1. The fraction of sp³-hybridized carbons (Fsp3) is 0.118. The van der Waals surface area contributed by atoms with Crippen LogP contribution in [0.25, 0.3) is 10.6 Å². The molecule has 23 heavy (non-hydrogen) atoms. The summed E-state index contributed by atoms with van der Waals surface area (Å²) in [4.78, 5) is 13.2. The van der Waals surface area contributed by atoms with E-state index in [4.69, 9.17) is 9.78 Å². The summed E-state index contributed by atoms with van der Waals surface area (Å²) >= 11 is 1.52. The van der Waals surface area contributed by atoms with Gasteiger partial charge in [-0.1, -0.05) is 23.4 Å². The Hall–Kier alpha value is -2.91. The molecule has 0 aliphatic rings. The lowest BCUT2D eigenvalue weighted by molar-refractivity contribution is 0.0931. The minimum atomic E-state index is -0.298. The highest BCUT2D eigenvalue weighted by molar-refractivity contribution is 7.13. The molecular formula is C17H13N3O2S. The summed E-state index contributed by atoms with van der Waals surface area (Å²) in [5.74, 6) is 0.282. The van der Waals surface area contributed by atoms with Gasteiger partial charge in [-0.2, -0.15) is 5.26 Å². The number of hydrogen-bond donors (Lipinski definition) is 1.